The lowest BCUT2D eigenvalue weighted by atomic mass is 9.75. The van der Waals surface area contributed by atoms with Crippen LogP contribution in [0.25, 0.3) is 0 Å². The Morgan fingerprint density at radius 3 is 1.17 bits per heavy atom. The van der Waals surface area contributed by atoms with Crippen molar-refractivity contribution in [1.82, 2.24) is 0 Å². The molecule has 0 spiro atoms. The summed E-state index contributed by atoms with van der Waals surface area (Å²) in [5.41, 5.74) is 14.0. The van der Waals surface area contributed by atoms with Crippen LogP contribution >= 0.6 is 0 Å². The molecular weight excluding hydrogens is 424 g/mol. The standard InChI is InChI=1S/C33H43N2/c1-10-26-16-14-17-27(11-2)30(26)34-20-21-35(31-28(12-3)18-15-19-29(31)13-4)32(34)33(9)24(7)22(5)23(6)25(33)8/h14-21H,10-13H2,1-9H3. The predicted octanol–water partition coefficient (Wildman–Crippen LogP) is 8.92. The summed E-state index contributed by atoms with van der Waals surface area (Å²) in [6.45, 7) is 20.8. The van der Waals surface area contributed by atoms with Crippen LogP contribution < -0.4 is 9.80 Å². The van der Waals surface area contributed by atoms with Crippen LogP contribution in [0.4, 0.5) is 11.4 Å². The molecule has 0 N–H and O–H groups in total. The highest BCUT2D eigenvalue weighted by Crippen LogP contribution is 2.58. The molecule has 2 aromatic carbocycles. The maximum absolute atomic E-state index is 2.53. The van der Waals surface area contributed by atoms with E-state index in [9.17, 15) is 0 Å². The molecule has 0 bridgehead atoms. The summed E-state index contributed by atoms with van der Waals surface area (Å²) < 4.78 is 0. The molecule has 1 radical (unpaired) electrons. The molecule has 0 saturated heterocycles. The molecule has 0 saturated carbocycles. The van der Waals surface area contributed by atoms with E-state index >= 15 is 0 Å². The maximum Gasteiger partial charge on any atom is 0.179 e. The SMILES string of the molecule is CCc1cccc(CC)c1N1C=CN(c2c(CC)cccc2CC)[C]1C1(C)C(C)=C(C)C(C)=C1C. The van der Waals surface area contributed by atoms with Crippen LogP contribution in [0.1, 0.15) is 84.6 Å². The first-order chi connectivity index (χ1) is 16.8. The smallest absolute Gasteiger partial charge is 0.179 e. The monoisotopic (exact) mass is 467 g/mol. The lowest BCUT2D eigenvalue weighted by molar-refractivity contribution is 0.483. The summed E-state index contributed by atoms with van der Waals surface area (Å²) >= 11 is 0. The zero-order valence-corrected chi connectivity index (χ0v) is 23.3. The molecule has 2 aromatic rings. The van der Waals surface area contributed by atoms with Crippen molar-refractivity contribution in [2.75, 3.05) is 9.80 Å². The molecule has 2 heteroatoms. The minimum Gasteiger partial charge on any atom is -0.317 e. The van der Waals surface area contributed by atoms with Crippen molar-refractivity contribution in [1.29, 1.82) is 0 Å². The fourth-order valence-corrected chi connectivity index (χ4v) is 6.21. The Bertz CT molecular complexity index is 1080. The van der Waals surface area contributed by atoms with E-state index in [4.69, 9.17) is 0 Å². The fourth-order valence-electron chi connectivity index (χ4n) is 6.21. The highest BCUT2D eigenvalue weighted by Gasteiger charge is 2.52. The van der Waals surface area contributed by atoms with Crippen LogP contribution in [0.2, 0.25) is 0 Å². The quantitative estimate of drug-likeness (QED) is 0.401. The summed E-state index contributed by atoms with van der Waals surface area (Å²) in [5, 5.41) is 0. The van der Waals surface area contributed by atoms with Crippen molar-refractivity contribution in [3.8, 4) is 0 Å². The van der Waals surface area contributed by atoms with Gasteiger partial charge in [0.15, 0.2) is 6.17 Å². The van der Waals surface area contributed by atoms with E-state index in [1.54, 1.807) is 0 Å². The summed E-state index contributed by atoms with van der Waals surface area (Å²) in [6.07, 6.45) is 10.1. The molecule has 0 unspecified atom stereocenters. The van der Waals surface area contributed by atoms with Crippen LogP contribution in [-0.2, 0) is 25.7 Å². The molecule has 0 atom stereocenters. The fraction of sp³-hybridized carbons (Fsp3) is 0.424. The van der Waals surface area contributed by atoms with E-state index in [0.29, 0.717) is 0 Å². The first-order valence-corrected chi connectivity index (χ1v) is 13.5. The van der Waals surface area contributed by atoms with Gasteiger partial charge in [0, 0.05) is 23.8 Å². The third-order valence-corrected chi connectivity index (χ3v) is 8.87. The van der Waals surface area contributed by atoms with Gasteiger partial charge in [-0.1, -0.05) is 75.2 Å². The van der Waals surface area contributed by atoms with Gasteiger partial charge in [-0.25, -0.2) is 0 Å². The molecule has 0 aromatic heterocycles. The van der Waals surface area contributed by atoms with Crippen LogP contribution in [-0.4, -0.2) is 0 Å². The summed E-state index contributed by atoms with van der Waals surface area (Å²) in [6, 6.07) is 13.7. The Labute approximate surface area is 214 Å². The first-order valence-electron chi connectivity index (χ1n) is 13.5. The zero-order chi connectivity index (χ0) is 25.5. The Hall–Kier alpha value is -2.74. The van der Waals surface area contributed by atoms with Crippen molar-refractivity contribution < 1.29 is 0 Å². The summed E-state index contributed by atoms with van der Waals surface area (Å²) in [5.74, 6) is 0. The normalized spacial score (nSPS) is 18.0. The van der Waals surface area contributed by atoms with Gasteiger partial charge >= 0.3 is 0 Å². The largest absolute Gasteiger partial charge is 0.317 e. The van der Waals surface area contributed by atoms with Crippen molar-refractivity contribution in [2.45, 2.75) is 88.0 Å². The molecule has 0 amide bonds. The van der Waals surface area contributed by atoms with Crippen molar-refractivity contribution in [2.24, 2.45) is 5.41 Å². The van der Waals surface area contributed by atoms with Gasteiger partial charge in [-0.15, -0.1) is 0 Å². The third kappa shape index (κ3) is 3.77. The van der Waals surface area contributed by atoms with Gasteiger partial charge in [-0.3, -0.25) is 0 Å². The minimum atomic E-state index is -0.185. The maximum atomic E-state index is 2.53. The second-order valence-corrected chi connectivity index (χ2v) is 10.3. The number of allylic oxidation sites excluding steroid dienone is 2. The predicted molar refractivity (Wildman–Crippen MR) is 153 cm³/mol. The average molecular weight is 468 g/mol. The molecule has 1 aliphatic heterocycles. The number of aryl methyl sites for hydroxylation is 4. The first kappa shape index (κ1) is 25.4. The molecule has 2 nitrogen and oxygen atoms in total. The minimum absolute atomic E-state index is 0.185. The van der Waals surface area contributed by atoms with E-state index in [1.807, 2.05) is 0 Å². The highest BCUT2D eigenvalue weighted by molar-refractivity contribution is 5.77. The molecule has 35 heavy (non-hydrogen) atoms. The number of hydrogen-bond acceptors (Lipinski definition) is 2. The molecule has 4 rings (SSSR count). The van der Waals surface area contributed by atoms with Crippen LogP contribution in [0.5, 0.6) is 0 Å². The van der Waals surface area contributed by atoms with Gasteiger partial charge < -0.3 is 9.80 Å². The second-order valence-electron chi connectivity index (χ2n) is 10.3. The number of rotatable bonds is 7. The van der Waals surface area contributed by atoms with E-state index in [1.165, 1.54) is 62.1 Å². The topological polar surface area (TPSA) is 6.48 Å². The molecule has 1 aliphatic carbocycles. The number of para-hydroxylation sites is 2. The van der Waals surface area contributed by atoms with Gasteiger partial charge in [0.2, 0.25) is 0 Å². The molecular formula is C33H43N2. The van der Waals surface area contributed by atoms with Crippen LogP contribution in [0.15, 0.2) is 71.1 Å². The Morgan fingerprint density at radius 2 is 0.886 bits per heavy atom. The van der Waals surface area contributed by atoms with Crippen LogP contribution in [0, 0.1) is 11.6 Å². The summed E-state index contributed by atoms with van der Waals surface area (Å²) in [7, 11) is 0. The van der Waals surface area contributed by atoms with Gasteiger partial charge in [0.05, 0.1) is 5.41 Å². The Morgan fingerprint density at radius 1 is 0.571 bits per heavy atom. The molecule has 185 valence electrons. The molecule has 1 heterocycles. The zero-order valence-electron chi connectivity index (χ0n) is 23.3. The highest BCUT2D eigenvalue weighted by atomic mass is 15.4. The number of nitrogens with zero attached hydrogens (tertiary/aromatic N) is 2. The molecule has 2 aliphatic rings. The van der Waals surface area contributed by atoms with E-state index in [2.05, 4.69) is 121 Å². The van der Waals surface area contributed by atoms with Gasteiger partial charge in [0.25, 0.3) is 0 Å². The number of anilines is 2. The van der Waals surface area contributed by atoms with Gasteiger partial charge in [-0.2, -0.15) is 0 Å². The van der Waals surface area contributed by atoms with E-state index in [-0.39, 0.29) is 5.41 Å². The summed E-state index contributed by atoms with van der Waals surface area (Å²) in [4.78, 5) is 5.06. The third-order valence-electron chi connectivity index (χ3n) is 8.87. The lowest BCUT2D eigenvalue weighted by Crippen LogP contribution is -2.45. The van der Waals surface area contributed by atoms with Crippen molar-refractivity contribution in [3.63, 3.8) is 0 Å². The average Bonchev–Trinajstić information content (AvgIpc) is 3.39. The van der Waals surface area contributed by atoms with E-state index in [0.717, 1.165) is 25.7 Å². The number of benzene rings is 2. The lowest BCUT2D eigenvalue weighted by Gasteiger charge is -2.46. The Balaban J connectivity index is 2.02. The van der Waals surface area contributed by atoms with E-state index < -0.39 is 0 Å². The van der Waals surface area contributed by atoms with Crippen molar-refractivity contribution >= 4 is 11.4 Å². The van der Waals surface area contributed by atoms with Crippen molar-refractivity contribution in [3.05, 3.63) is 99.5 Å². The molecule has 0 fully saturated rings. The number of hydrogen-bond donors (Lipinski definition) is 0. The van der Waals surface area contributed by atoms with Crippen LogP contribution in [0.3, 0.4) is 0 Å². The van der Waals surface area contributed by atoms with Gasteiger partial charge in [-0.05, 0) is 93.7 Å². The van der Waals surface area contributed by atoms with Gasteiger partial charge in [0.1, 0.15) is 0 Å². The second kappa shape index (κ2) is 9.72. The Kier molecular flexibility index (Phi) is 7.04.